The van der Waals surface area contributed by atoms with Crippen molar-refractivity contribution in [3.8, 4) is 12.3 Å². The van der Waals surface area contributed by atoms with E-state index in [1.165, 1.54) is 5.56 Å². The fourth-order valence-corrected chi connectivity index (χ4v) is 1.54. The fraction of sp³-hybridized carbons (Fsp3) is 0.385. The molecule has 1 heteroatoms. The molecule has 1 rings (SSSR count). The first-order valence-corrected chi connectivity index (χ1v) is 4.87. The summed E-state index contributed by atoms with van der Waals surface area (Å²) in [6.07, 6.45) is 6.33. The van der Waals surface area contributed by atoms with Crippen molar-refractivity contribution in [3.05, 3.63) is 35.4 Å². The van der Waals surface area contributed by atoms with Crippen LogP contribution in [0.3, 0.4) is 0 Å². The van der Waals surface area contributed by atoms with Gasteiger partial charge in [0.2, 0.25) is 0 Å². The van der Waals surface area contributed by atoms with Gasteiger partial charge >= 0.3 is 0 Å². The topological polar surface area (TPSA) is 26.0 Å². The molecule has 74 valence electrons. The Morgan fingerprint density at radius 3 is 2.71 bits per heavy atom. The van der Waals surface area contributed by atoms with Crippen molar-refractivity contribution in [1.82, 2.24) is 0 Å². The number of hydrogen-bond acceptors (Lipinski definition) is 1. The third-order valence-electron chi connectivity index (χ3n) is 2.58. The first-order valence-electron chi connectivity index (χ1n) is 4.87. The molecule has 0 saturated heterocycles. The van der Waals surface area contributed by atoms with Crippen LogP contribution in [-0.2, 0) is 5.41 Å². The van der Waals surface area contributed by atoms with E-state index in [4.69, 9.17) is 12.2 Å². The van der Waals surface area contributed by atoms with Crippen molar-refractivity contribution < 1.29 is 0 Å². The lowest BCUT2D eigenvalue weighted by atomic mass is 9.81. The number of benzene rings is 1. The Kier molecular flexibility index (Phi) is 3.33. The van der Waals surface area contributed by atoms with Crippen LogP contribution in [0.25, 0.3) is 0 Å². The van der Waals surface area contributed by atoms with Gasteiger partial charge in [-0.1, -0.05) is 31.9 Å². The summed E-state index contributed by atoms with van der Waals surface area (Å²) in [6, 6.07) is 8.12. The Balaban J connectivity index is 3.01. The molecule has 0 amide bonds. The SMILES string of the molecule is C#Cc1cccc(C(C)(C)CCN)c1. The summed E-state index contributed by atoms with van der Waals surface area (Å²) < 4.78 is 0. The second kappa shape index (κ2) is 4.30. The average molecular weight is 187 g/mol. The van der Waals surface area contributed by atoms with Crippen LogP contribution in [0.4, 0.5) is 0 Å². The molecule has 0 fully saturated rings. The zero-order chi connectivity index (χ0) is 10.6. The highest BCUT2D eigenvalue weighted by molar-refractivity contribution is 5.37. The van der Waals surface area contributed by atoms with E-state index in [0.29, 0.717) is 6.54 Å². The second-order valence-electron chi connectivity index (χ2n) is 4.15. The predicted molar refractivity (Wildman–Crippen MR) is 61.1 cm³/mol. The van der Waals surface area contributed by atoms with Crippen molar-refractivity contribution in [2.24, 2.45) is 5.73 Å². The highest BCUT2D eigenvalue weighted by Crippen LogP contribution is 2.26. The Hall–Kier alpha value is -1.26. The maximum absolute atomic E-state index is 5.58. The van der Waals surface area contributed by atoms with Crippen molar-refractivity contribution in [3.63, 3.8) is 0 Å². The lowest BCUT2D eigenvalue weighted by Crippen LogP contribution is -2.21. The molecule has 0 aromatic heterocycles. The summed E-state index contributed by atoms with van der Waals surface area (Å²) in [7, 11) is 0. The van der Waals surface area contributed by atoms with Gasteiger partial charge in [0, 0.05) is 5.56 Å². The molecule has 0 saturated carbocycles. The Labute approximate surface area is 86.3 Å². The monoisotopic (exact) mass is 187 g/mol. The first-order chi connectivity index (χ1) is 6.60. The molecule has 1 aromatic carbocycles. The van der Waals surface area contributed by atoms with Crippen LogP contribution in [0.5, 0.6) is 0 Å². The van der Waals surface area contributed by atoms with Crippen LogP contribution < -0.4 is 5.73 Å². The Morgan fingerprint density at radius 2 is 2.14 bits per heavy atom. The van der Waals surface area contributed by atoms with E-state index in [2.05, 4.69) is 31.9 Å². The molecule has 1 nitrogen and oxygen atoms in total. The minimum absolute atomic E-state index is 0.113. The maximum atomic E-state index is 5.58. The van der Waals surface area contributed by atoms with Crippen LogP contribution in [0.2, 0.25) is 0 Å². The van der Waals surface area contributed by atoms with Gasteiger partial charge in [0.25, 0.3) is 0 Å². The van der Waals surface area contributed by atoms with Crippen LogP contribution in [0.1, 0.15) is 31.4 Å². The van der Waals surface area contributed by atoms with Gasteiger partial charge in [0.1, 0.15) is 0 Å². The van der Waals surface area contributed by atoms with Gasteiger partial charge in [-0.2, -0.15) is 0 Å². The Bertz CT molecular complexity index is 344. The van der Waals surface area contributed by atoms with Gasteiger partial charge in [-0.25, -0.2) is 0 Å². The quantitative estimate of drug-likeness (QED) is 0.722. The summed E-state index contributed by atoms with van der Waals surface area (Å²) in [4.78, 5) is 0. The molecule has 14 heavy (non-hydrogen) atoms. The van der Waals surface area contributed by atoms with Gasteiger partial charge < -0.3 is 5.73 Å². The third-order valence-corrected chi connectivity index (χ3v) is 2.58. The van der Waals surface area contributed by atoms with Gasteiger partial charge in [-0.3, -0.25) is 0 Å². The molecule has 2 N–H and O–H groups in total. The van der Waals surface area contributed by atoms with Crippen molar-refractivity contribution in [2.75, 3.05) is 6.54 Å². The largest absolute Gasteiger partial charge is 0.330 e. The lowest BCUT2D eigenvalue weighted by Gasteiger charge is -2.24. The third kappa shape index (κ3) is 2.37. The molecule has 0 heterocycles. The Morgan fingerprint density at radius 1 is 1.43 bits per heavy atom. The van der Waals surface area contributed by atoms with Crippen molar-refractivity contribution in [1.29, 1.82) is 0 Å². The van der Waals surface area contributed by atoms with E-state index in [0.717, 1.165) is 12.0 Å². The lowest BCUT2D eigenvalue weighted by molar-refractivity contribution is 0.487. The average Bonchev–Trinajstić information content (AvgIpc) is 2.18. The highest BCUT2D eigenvalue weighted by atomic mass is 14.5. The summed E-state index contributed by atoms with van der Waals surface area (Å²) in [5.74, 6) is 2.65. The molecule has 0 aliphatic carbocycles. The molecule has 0 aliphatic rings. The standard InChI is InChI=1S/C13H17N/c1-4-11-6-5-7-12(10-11)13(2,3)8-9-14/h1,5-7,10H,8-9,14H2,2-3H3. The van der Waals surface area contributed by atoms with Gasteiger partial charge in [-0.15, -0.1) is 6.42 Å². The minimum Gasteiger partial charge on any atom is -0.330 e. The van der Waals surface area contributed by atoms with Crippen molar-refractivity contribution in [2.45, 2.75) is 25.7 Å². The fourth-order valence-electron chi connectivity index (χ4n) is 1.54. The first kappa shape index (κ1) is 10.8. The van der Waals surface area contributed by atoms with E-state index in [1.807, 2.05) is 12.1 Å². The van der Waals surface area contributed by atoms with E-state index in [-0.39, 0.29) is 5.41 Å². The van der Waals surface area contributed by atoms with Gasteiger partial charge in [0.05, 0.1) is 0 Å². The van der Waals surface area contributed by atoms with Crippen LogP contribution in [0.15, 0.2) is 24.3 Å². The smallest absolute Gasteiger partial charge is 0.0245 e. The van der Waals surface area contributed by atoms with Gasteiger partial charge in [-0.05, 0) is 36.1 Å². The molecule has 0 spiro atoms. The zero-order valence-electron chi connectivity index (χ0n) is 8.88. The van der Waals surface area contributed by atoms with Crippen molar-refractivity contribution >= 4 is 0 Å². The van der Waals surface area contributed by atoms with Gasteiger partial charge in [0.15, 0.2) is 0 Å². The van der Waals surface area contributed by atoms with Crippen LogP contribution in [-0.4, -0.2) is 6.54 Å². The van der Waals surface area contributed by atoms with E-state index >= 15 is 0 Å². The predicted octanol–water partition coefficient (Wildman–Crippen LogP) is 2.29. The second-order valence-corrected chi connectivity index (χ2v) is 4.15. The van der Waals surface area contributed by atoms with E-state index in [9.17, 15) is 0 Å². The number of rotatable bonds is 3. The van der Waals surface area contributed by atoms with E-state index in [1.54, 1.807) is 0 Å². The van der Waals surface area contributed by atoms with E-state index < -0.39 is 0 Å². The summed E-state index contributed by atoms with van der Waals surface area (Å²) in [6.45, 7) is 5.08. The molecule has 0 aliphatic heterocycles. The maximum Gasteiger partial charge on any atom is 0.0245 e. The minimum atomic E-state index is 0.113. The number of hydrogen-bond donors (Lipinski definition) is 1. The normalized spacial score (nSPS) is 11.0. The molecular weight excluding hydrogens is 170 g/mol. The highest BCUT2D eigenvalue weighted by Gasteiger charge is 2.19. The summed E-state index contributed by atoms with van der Waals surface area (Å²) in [5, 5.41) is 0. The molecule has 0 bridgehead atoms. The summed E-state index contributed by atoms with van der Waals surface area (Å²) in [5.41, 5.74) is 7.89. The molecular formula is C13H17N. The summed E-state index contributed by atoms with van der Waals surface area (Å²) >= 11 is 0. The molecule has 0 atom stereocenters. The number of nitrogens with two attached hydrogens (primary N) is 1. The molecule has 0 unspecified atom stereocenters. The molecule has 0 radical (unpaired) electrons. The zero-order valence-corrected chi connectivity index (χ0v) is 8.88. The number of terminal acetylenes is 1. The van der Waals surface area contributed by atoms with Crippen LogP contribution in [0, 0.1) is 12.3 Å². The molecule has 1 aromatic rings. The van der Waals surface area contributed by atoms with Crippen LogP contribution >= 0.6 is 0 Å².